The van der Waals surface area contributed by atoms with E-state index in [2.05, 4.69) is 20.2 Å². The number of hydrogen-bond acceptors (Lipinski definition) is 8. The van der Waals surface area contributed by atoms with Crippen LogP contribution in [0.15, 0.2) is 66.0 Å². The summed E-state index contributed by atoms with van der Waals surface area (Å²) < 4.78 is 17.0. The highest BCUT2D eigenvalue weighted by molar-refractivity contribution is 6.26. The number of para-hydroxylation sites is 2. The van der Waals surface area contributed by atoms with Crippen LogP contribution in [0.4, 0.5) is 5.69 Å². The number of carboxylic acids is 1. The van der Waals surface area contributed by atoms with Crippen molar-refractivity contribution in [2.45, 2.75) is 0 Å². The van der Waals surface area contributed by atoms with Gasteiger partial charge in [-0.15, -0.1) is 0 Å². The number of nitrogens with one attached hydrogen (secondary N) is 2. The monoisotopic (exact) mass is 476 g/mol. The first-order chi connectivity index (χ1) is 17.1. The molecule has 3 aromatic rings. The number of benzene rings is 1. The molecule has 2 aliphatic rings. The highest BCUT2D eigenvalue weighted by Crippen LogP contribution is 2.32. The molecule has 2 aliphatic heterocycles. The van der Waals surface area contributed by atoms with Gasteiger partial charge in [0.15, 0.2) is 11.3 Å². The molecule has 0 radical (unpaired) electrons. The van der Waals surface area contributed by atoms with E-state index in [-0.39, 0.29) is 11.6 Å². The molecule has 1 fully saturated rings. The van der Waals surface area contributed by atoms with E-state index >= 15 is 0 Å². The summed E-state index contributed by atoms with van der Waals surface area (Å²) in [6.45, 7) is 4.32. The van der Waals surface area contributed by atoms with Gasteiger partial charge in [-0.1, -0.05) is 12.1 Å². The molecule has 4 heterocycles. The van der Waals surface area contributed by atoms with Crippen LogP contribution < -0.4 is 10.1 Å². The van der Waals surface area contributed by atoms with Gasteiger partial charge in [-0.05, 0) is 30.3 Å². The van der Waals surface area contributed by atoms with Gasteiger partial charge in [0.05, 0.1) is 18.9 Å². The van der Waals surface area contributed by atoms with Crippen LogP contribution in [0.5, 0.6) is 5.75 Å². The Labute approximate surface area is 200 Å². The van der Waals surface area contributed by atoms with Crippen LogP contribution in [0.1, 0.15) is 5.56 Å². The zero-order valence-electron chi connectivity index (χ0n) is 18.8. The maximum atomic E-state index is 12.9. The number of rotatable bonds is 8. The summed E-state index contributed by atoms with van der Waals surface area (Å²) in [6.07, 6.45) is 4.84. The van der Waals surface area contributed by atoms with Crippen LogP contribution in [-0.4, -0.2) is 71.2 Å². The lowest BCUT2D eigenvalue weighted by atomic mass is 10.1. The van der Waals surface area contributed by atoms with Crippen molar-refractivity contribution in [1.29, 1.82) is 0 Å². The fourth-order valence-corrected chi connectivity index (χ4v) is 3.98. The van der Waals surface area contributed by atoms with E-state index in [1.807, 2.05) is 12.1 Å². The zero-order valence-corrected chi connectivity index (χ0v) is 18.8. The third-order valence-corrected chi connectivity index (χ3v) is 5.78. The number of carbonyl (C=O) groups is 2. The number of aromatic nitrogens is 2. The van der Waals surface area contributed by atoms with Crippen LogP contribution in [-0.2, 0) is 19.1 Å². The van der Waals surface area contributed by atoms with Crippen molar-refractivity contribution < 1.29 is 28.9 Å². The summed E-state index contributed by atoms with van der Waals surface area (Å²) in [4.78, 5) is 34.3. The molecule has 0 saturated carbocycles. The summed E-state index contributed by atoms with van der Waals surface area (Å²) in [5.74, 6) is -1.83. The van der Waals surface area contributed by atoms with E-state index in [0.717, 1.165) is 25.0 Å². The number of nitrogens with zero attached hydrogens (tertiary/aromatic N) is 2. The van der Waals surface area contributed by atoms with Gasteiger partial charge in [0.25, 0.3) is 0 Å². The van der Waals surface area contributed by atoms with Crippen LogP contribution in [0.3, 0.4) is 0 Å². The van der Waals surface area contributed by atoms with Gasteiger partial charge in [-0.3, -0.25) is 9.69 Å². The number of allylic oxidation sites excluding steroid dienone is 1. The van der Waals surface area contributed by atoms with Crippen molar-refractivity contribution in [2.75, 3.05) is 44.8 Å². The SMILES string of the molecule is O=C(O)C1=C(Nc2ccccc2OCCN2CCOCC2)OC(=Cc2c[nH]c3ncccc23)C1=O. The molecule has 1 aromatic carbocycles. The molecule has 2 aromatic heterocycles. The van der Waals surface area contributed by atoms with Gasteiger partial charge in [0, 0.05) is 43.0 Å². The number of carboxylic acid groups (broad SMARTS) is 1. The van der Waals surface area contributed by atoms with Gasteiger partial charge in [0.2, 0.25) is 11.7 Å². The molecule has 3 N–H and O–H groups in total. The van der Waals surface area contributed by atoms with E-state index < -0.39 is 17.3 Å². The van der Waals surface area contributed by atoms with Gasteiger partial charge >= 0.3 is 5.97 Å². The summed E-state index contributed by atoms with van der Waals surface area (Å²) in [5, 5.41) is 13.4. The molecule has 0 aliphatic carbocycles. The Morgan fingerprint density at radius 1 is 1.23 bits per heavy atom. The first-order valence-corrected chi connectivity index (χ1v) is 11.2. The zero-order chi connectivity index (χ0) is 24.2. The quantitative estimate of drug-likeness (QED) is 0.332. The minimum atomic E-state index is -1.38. The normalized spacial score (nSPS) is 17.7. The number of morpholine rings is 1. The van der Waals surface area contributed by atoms with Crippen molar-refractivity contribution in [3.8, 4) is 5.75 Å². The molecule has 0 amide bonds. The number of fused-ring (bicyclic) bond motifs is 1. The lowest BCUT2D eigenvalue weighted by Gasteiger charge is -2.26. The fourth-order valence-electron chi connectivity index (χ4n) is 3.98. The smallest absolute Gasteiger partial charge is 0.345 e. The van der Waals surface area contributed by atoms with E-state index in [0.29, 0.717) is 42.5 Å². The Kier molecular flexibility index (Phi) is 6.47. The summed E-state index contributed by atoms with van der Waals surface area (Å²) in [6, 6.07) is 10.7. The second-order valence-electron chi connectivity index (χ2n) is 8.02. The maximum absolute atomic E-state index is 12.9. The molecule has 180 valence electrons. The number of ether oxygens (including phenoxy) is 3. The van der Waals surface area contributed by atoms with Gasteiger partial charge in [-0.25, -0.2) is 9.78 Å². The van der Waals surface area contributed by atoms with Crippen LogP contribution in [0, 0.1) is 0 Å². The standard InChI is InChI=1S/C25H24N4O6/c30-22-20(14-16-15-27-23-17(16)4-3-7-26-23)35-24(21(22)25(31)32)28-18-5-1-2-6-19(18)34-13-10-29-8-11-33-12-9-29/h1-7,14-15,28H,8-13H2,(H,26,27)(H,31,32). The highest BCUT2D eigenvalue weighted by atomic mass is 16.5. The van der Waals surface area contributed by atoms with E-state index in [9.17, 15) is 14.7 Å². The first-order valence-electron chi connectivity index (χ1n) is 11.2. The number of hydrogen-bond donors (Lipinski definition) is 3. The summed E-state index contributed by atoms with van der Waals surface area (Å²) in [7, 11) is 0. The Balaban J connectivity index is 1.34. The number of Topliss-reactive ketones (excluding diaryl/α,β-unsaturated/α-hetero) is 1. The van der Waals surface area contributed by atoms with E-state index in [1.165, 1.54) is 6.08 Å². The van der Waals surface area contributed by atoms with Gasteiger partial charge in [-0.2, -0.15) is 0 Å². The average molecular weight is 476 g/mol. The predicted octanol–water partition coefficient (Wildman–Crippen LogP) is 2.62. The Morgan fingerprint density at radius 3 is 2.89 bits per heavy atom. The van der Waals surface area contributed by atoms with Crippen molar-refractivity contribution in [3.05, 3.63) is 71.6 Å². The summed E-state index contributed by atoms with van der Waals surface area (Å²) in [5.41, 5.74) is 1.33. The Morgan fingerprint density at radius 2 is 2.06 bits per heavy atom. The number of anilines is 1. The molecule has 0 spiro atoms. The number of aliphatic carboxylic acids is 1. The molecule has 1 saturated heterocycles. The highest BCUT2D eigenvalue weighted by Gasteiger charge is 2.36. The Bertz CT molecular complexity index is 1320. The maximum Gasteiger partial charge on any atom is 0.345 e. The minimum Gasteiger partial charge on any atom is -0.490 e. The van der Waals surface area contributed by atoms with E-state index in [4.69, 9.17) is 14.2 Å². The molecule has 0 unspecified atom stereocenters. The Hall–Kier alpha value is -4.15. The molecular weight excluding hydrogens is 452 g/mol. The van der Waals surface area contributed by atoms with Crippen LogP contribution >= 0.6 is 0 Å². The van der Waals surface area contributed by atoms with Crippen molar-refractivity contribution >= 4 is 34.5 Å². The lowest BCUT2D eigenvalue weighted by molar-refractivity contribution is -0.134. The first kappa shape index (κ1) is 22.6. The molecule has 5 rings (SSSR count). The lowest BCUT2D eigenvalue weighted by Crippen LogP contribution is -2.38. The number of carbonyl (C=O) groups excluding carboxylic acids is 1. The average Bonchev–Trinajstić information content (AvgIpc) is 3.41. The van der Waals surface area contributed by atoms with Gasteiger partial charge < -0.3 is 29.6 Å². The molecule has 35 heavy (non-hydrogen) atoms. The third-order valence-electron chi connectivity index (χ3n) is 5.78. The largest absolute Gasteiger partial charge is 0.490 e. The second kappa shape index (κ2) is 10.00. The molecule has 10 heteroatoms. The van der Waals surface area contributed by atoms with E-state index in [1.54, 1.807) is 36.7 Å². The van der Waals surface area contributed by atoms with Crippen molar-refractivity contribution in [3.63, 3.8) is 0 Å². The van der Waals surface area contributed by atoms with Gasteiger partial charge in [0.1, 0.15) is 18.0 Å². The molecule has 0 atom stereocenters. The van der Waals surface area contributed by atoms with Crippen LogP contribution in [0.25, 0.3) is 17.1 Å². The minimum absolute atomic E-state index is 0.0969. The summed E-state index contributed by atoms with van der Waals surface area (Å²) >= 11 is 0. The number of pyridine rings is 1. The second-order valence-corrected chi connectivity index (χ2v) is 8.02. The molecule has 0 bridgehead atoms. The van der Waals surface area contributed by atoms with Crippen molar-refractivity contribution in [2.24, 2.45) is 0 Å². The topological polar surface area (TPSA) is 126 Å². The number of ketones is 1. The van der Waals surface area contributed by atoms with Crippen LogP contribution in [0.2, 0.25) is 0 Å². The third kappa shape index (κ3) is 4.88. The molecule has 10 nitrogen and oxygen atoms in total. The predicted molar refractivity (Wildman–Crippen MR) is 128 cm³/mol. The number of aromatic amines is 1. The van der Waals surface area contributed by atoms with Crippen molar-refractivity contribution in [1.82, 2.24) is 14.9 Å². The fraction of sp³-hybridized carbons (Fsp3) is 0.240. The number of H-pyrrole nitrogens is 1. The molecular formula is C25H24N4O6.